The molecular weight excluding hydrogens is 234 g/mol. The van der Waals surface area contributed by atoms with Crippen LogP contribution in [0.25, 0.3) is 0 Å². The molecule has 0 aliphatic rings. The molecule has 0 spiro atoms. The summed E-state index contributed by atoms with van der Waals surface area (Å²) in [5.41, 5.74) is -0.866. The molecular formula is C13H25NO4. The Labute approximate surface area is 109 Å². The summed E-state index contributed by atoms with van der Waals surface area (Å²) in [4.78, 5) is 22.8. The number of amides is 1. The van der Waals surface area contributed by atoms with Gasteiger partial charge in [0, 0.05) is 17.9 Å². The van der Waals surface area contributed by atoms with Gasteiger partial charge in [-0.3, -0.25) is 9.59 Å². The molecule has 2 atom stereocenters. The molecule has 0 bridgehead atoms. The molecule has 3 N–H and O–H groups in total. The van der Waals surface area contributed by atoms with Crippen LogP contribution < -0.4 is 5.32 Å². The van der Waals surface area contributed by atoms with E-state index < -0.39 is 17.4 Å². The van der Waals surface area contributed by atoms with Crippen LogP contribution in [-0.2, 0) is 9.59 Å². The maximum Gasteiger partial charge on any atom is 0.249 e. The SMILES string of the molecule is CCC(CCNC(=O)C(O)C(C)(C)CO)C(C)=O. The number of Topliss-reactive ketones (excluding diaryl/α,β-unsaturated/α-hetero) is 1. The first-order chi connectivity index (χ1) is 8.26. The summed E-state index contributed by atoms with van der Waals surface area (Å²) in [6, 6.07) is 0. The first-order valence-corrected chi connectivity index (χ1v) is 6.33. The average Bonchev–Trinajstić information content (AvgIpc) is 2.32. The molecule has 0 rings (SSSR count). The van der Waals surface area contributed by atoms with Crippen LogP contribution in [0, 0.1) is 11.3 Å². The predicted octanol–water partition coefficient (Wildman–Crippen LogP) is 0.487. The van der Waals surface area contributed by atoms with Crippen LogP contribution in [0.3, 0.4) is 0 Å². The van der Waals surface area contributed by atoms with E-state index in [1.54, 1.807) is 20.8 Å². The lowest BCUT2D eigenvalue weighted by molar-refractivity contribution is -0.137. The van der Waals surface area contributed by atoms with E-state index >= 15 is 0 Å². The van der Waals surface area contributed by atoms with Crippen LogP contribution in [0.5, 0.6) is 0 Å². The first kappa shape index (κ1) is 17.1. The van der Waals surface area contributed by atoms with E-state index in [1.807, 2.05) is 6.92 Å². The number of aliphatic hydroxyl groups excluding tert-OH is 2. The Bertz CT molecular complexity index is 289. The molecule has 0 saturated carbocycles. The van der Waals surface area contributed by atoms with E-state index in [2.05, 4.69) is 5.32 Å². The van der Waals surface area contributed by atoms with Gasteiger partial charge < -0.3 is 15.5 Å². The normalized spacial score (nSPS) is 15.0. The summed E-state index contributed by atoms with van der Waals surface area (Å²) < 4.78 is 0. The summed E-state index contributed by atoms with van der Waals surface area (Å²) in [6.07, 6.45) is 0.0691. The molecule has 0 aliphatic heterocycles. The molecule has 2 unspecified atom stereocenters. The number of hydrogen-bond donors (Lipinski definition) is 3. The highest BCUT2D eigenvalue weighted by Crippen LogP contribution is 2.19. The number of hydrogen-bond acceptors (Lipinski definition) is 4. The van der Waals surface area contributed by atoms with Gasteiger partial charge in [0.25, 0.3) is 0 Å². The van der Waals surface area contributed by atoms with Gasteiger partial charge in [-0.2, -0.15) is 0 Å². The van der Waals surface area contributed by atoms with Gasteiger partial charge in [0.2, 0.25) is 5.91 Å². The second kappa shape index (κ2) is 7.48. The first-order valence-electron chi connectivity index (χ1n) is 6.33. The van der Waals surface area contributed by atoms with Crippen molar-refractivity contribution >= 4 is 11.7 Å². The molecule has 1 amide bonds. The highest BCUT2D eigenvalue weighted by atomic mass is 16.3. The minimum Gasteiger partial charge on any atom is -0.396 e. The monoisotopic (exact) mass is 259 g/mol. The Balaban J connectivity index is 4.15. The van der Waals surface area contributed by atoms with Crippen molar-refractivity contribution in [2.45, 2.75) is 46.6 Å². The number of ketones is 1. The summed E-state index contributed by atoms with van der Waals surface area (Å²) in [5, 5.41) is 21.4. The van der Waals surface area contributed by atoms with Gasteiger partial charge in [-0.05, 0) is 19.8 Å². The van der Waals surface area contributed by atoms with Gasteiger partial charge in [0.1, 0.15) is 11.9 Å². The smallest absolute Gasteiger partial charge is 0.249 e. The van der Waals surface area contributed by atoms with Crippen molar-refractivity contribution in [2.24, 2.45) is 11.3 Å². The number of carbonyl (C=O) groups excluding carboxylic acids is 2. The van der Waals surface area contributed by atoms with Gasteiger partial charge in [-0.1, -0.05) is 20.8 Å². The van der Waals surface area contributed by atoms with Gasteiger partial charge in [0.05, 0.1) is 6.61 Å². The van der Waals surface area contributed by atoms with Gasteiger partial charge >= 0.3 is 0 Å². The van der Waals surface area contributed by atoms with E-state index in [-0.39, 0.29) is 18.3 Å². The van der Waals surface area contributed by atoms with Gasteiger partial charge in [-0.15, -0.1) is 0 Å². The van der Waals surface area contributed by atoms with Crippen molar-refractivity contribution < 1.29 is 19.8 Å². The molecule has 0 saturated heterocycles. The third-order valence-electron chi connectivity index (χ3n) is 3.26. The Morgan fingerprint density at radius 3 is 2.28 bits per heavy atom. The Kier molecular flexibility index (Phi) is 7.09. The van der Waals surface area contributed by atoms with Crippen LogP contribution >= 0.6 is 0 Å². The fraction of sp³-hybridized carbons (Fsp3) is 0.846. The number of rotatable bonds is 8. The Morgan fingerprint density at radius 1 is 1.33 bits per heavy atom. The largest absolute Gasteiger partial charge is 0.396 e. The minimum absolute atomic E-state index is 0.0479. The number of nitrogens with one attached hydrogen (secondary N) is 1. The van der Waals surface area contributed by atoms with E-state index in [4.69, 9.17) is 5.11 Å². The lowest BCUT2D eigenvalue weighted by Gasteiger charge is -2.27. The van der Waals surface area contributed by atoms with Crippen LogP contribution in [0.1, 0.15) is 40.5 Å². The topological polar surface area (TPSA) is 86.6 Å². The fourth-order valence-corrected chi connectivity index (χ4v) is 1.60. The lowest BCUT2D eigenvalue weighted by atomic mass is 9.87. The number of aliphatic hydroxyl groups is 2. The van der Waals surface area contributed by atoms with Crippen molar-refractivity contribution in [1.29, 1.82) is 0 Å². The molecule has 0 aromatic rings. The zero-order valence-electron chi connectivity index (χ0n) is 11.7. The third-order valence-corrected chi connectivity index (χ3v) is 3.26. The Morgan fingerprint density at radius 2 is 1.89 bits per heavy atom. The maximum absolute atomic E-state index is 11.6. The van der Waals surface area contributed by atoms with E-state index in [0.717, 1.165) is 6.42 Å². The molecule has 5 heteroatoms. The van der Waals surface area contributed by atoms with Crippen LogP contribution in [0.4, 0.5) is 0 Å². The van der Waals surface area contributed by atoms with Crippen molar-refractivity contribution in [2.75, 3.05) is 13.2 Å². The summed E-state index contributed by atoms with van der Waals surface area (Å²) >= 11 is 0. The summed E-state index contributed by atoms with van der Waals surface area (Å²) in [7, 11) is 0. The van der Waals surface area contributed by atoms with Crippen LogP contribution in [0.15, 0.2) is 0 Å². The van der Waals surface area contributed by atoms with Crippen LogP contribution in [-0.4, -0.2) is 41.2 Å². The molecule has 0 aliphatic carbocycles. The fourth-order valence-electron chi connectivity index (χ4n) is 1.60. The molecule has 18 heavy (non-hydrogen) atoms. The zero-order valence-corrected chi connectivity index (χ0v) is 11.7. The summed E-state index contributed by atoms with van der Waals surface area (Å²) in [5.74, 6) is -0.441. The van der Waals surface area contributed by atoms with Gasteiger partial charge in [0.15, 0.2) is 0 Å². The molecule has 0 radical (unpaired) electrons. The van der Waals surface area contributed by atoms with E-state index in [0.29, 0.717) is 13.0 Å². The quantitative estimate of drug-likeness (QED) is 0.592. The van der Waals surface area contributed by atoms with Crippen molar-refractivity contribution in [3.05, 3.63) is 0 Å². The third kappa shape index (κ3) is 5.14. The van der Waals surface area contributed by atoms with Crippen molar-refractivity contribution in [3.8, 4) is 0 Å². The molecule has 106 valence electrons. The maximum atomic E-state index is 11.6. The zero-order chi connectivity index (χ0) is 14.3. The van der Waals surface area contributed by atoms with Gasteiger partial charge in [-0.25, -0.2) is 0 Å². The molecule has 0 fully saturated rings. The Hall–Kier alpha value is -0.940. The second-order valence-electron chi connectivity index (χ2n) is 5.34. The average molecular weight is 259 g/mol. The summed E-state index contributed by atoms with van der Waals surface area (Å²) in [6.45, 7) is 6.78. The molecule has 5 nitrogen and oxygen atoms in total. The molecule has 0 heterocycles. The second-order valence-corrected chi connectivity index (χ2v) is 5.34. The van der Waals surface area contributed by atoms with E-state index in [9.17, 15) is 14.7 Å². The van der Waals surface area contributed by atoms with Crippen molar-refractivity contribution in [3.63, 3.8) is 0 Å². The van der Waals surface area contributed by atoms with Crippen LogP contribution in [0.2, 0.25) is 0 Å². The van der Waals surface area contributed by atoms with Crippen molar-refractivity contribution in [1.82, 2.24) is 5.32 Å². The number of carbonyl (C=O) groups is 2. The van der Waals surface area contributed by atoms with E-state index in [1.165, 1.54) is 0 Å². The molecule has 0 aromatic carbocycles. The standard InChI is InChI=1S/C13H25NO4/c1-5-10(9(2)16)6-7-14-12(18)11(17)13(3,4)8-15/h10-11,15,17H,5-8H2,1-4H3,(H,14,18). The highest BCUT2D eigenvalue weighted by molar-refractivity contribution is 5.81. The minimum atomic E-state index is -1.25. The predicted molar refractivity (Wildman–Crippen MR) is 69.0 cm³/mol. The lowest BCUT2D eigenvalue weighted by Crippen LogP contribution is -2.46. The highest BCUT2D eigenvalue weighted by Gasteiger charge is 2.32. The molecule has 0 aromatic heterocycles.